The average molecular weight is 449 g/mol. The van der Waals surface area contributed by atoms with Gasteiger partial charge in [-0.2, -0.15) is 0 Å². The van der Waals surface area contributed by atoms with Crippen molar-refractivity contribution in [1.82, 2.24) is 10.2 Å². The number of nitrogens with one attached hydrogen (secondary N) is 1. The first-order valence-electron chi connectivity index (χ1n) is 11.5. The van der Waals surface area contributed by atoms with Crippen molar-refractivity contribution in [3.8, 4) is 0 Å². The van der Waals surface area contributed by atoms with Crippen molar-refractivity contribution >= 4 is 23.4 Å². The average Bonchev–Trinajstić information content (AvgIpc) is 3.04. The highest BCUT2D eigenvalue weighted by Crippen LogP contribution is 2.42. The molecule has 2 aliphatic rings. The molecule has 1 aliphatic carbocycles. The highest BCUT2D eigenvalue weighted by atomic mass is 35.5. The highest BCUT2D eigenvalue weighted by Gasteiger charge is 2.41. The second kappa shape index (κ2) is 9.50. The fourth-order valence-electron chi connectivity index (χ4n) is 5.28. The van der Waals surface area contributed by atoms with Gasteiger partial charge in [0.05, 0.1) is 6.10 Å². The van der Waals surface area contributed by atoms with Crippen molar-refractivity contribution in [2.75, 3.05) is 13.1 Å². The first kappa shape index (κ1) is 24.1. The predicted octanol–water partition coefficient (Wildman–Crippen LogP) is 4.23. The van der Waals surface area contributed by atoms with E-state index >= 15 is 0 Å². The van der Waals surface area contributed by atoms with Crippen LogP contribution in [0.15, 0.2) is 24.3 Å². The van der Waals surface area contributed by atoms with Gasteiger partial charge < -0.3 is 15.3 Å². The Kier molecular flexibility index (Phi) is 7.37. The lowest BCUT2D eigenvalue weighted by atomic mass is 9.70. The van der Waals surface area contributed by atoms with Crippen LogP contribution in [0.5, 0.6) is 0 Å². The van der Waals surface area contributed by atoms with Gasteiger partial charge in [-0.1, -0.05) is 58.4 Å². The number of carbonyl (C=O) groups is 2. The van der Waals surface area contributed by atoms with Gasteiger partial charge in [0.1, 0.15) is 6.04 Å². The Balaban J connectivity index is 1.67. The van der Waals surface area contributed by atoms with Gasteiger partial charge >= 0.3 is 0 Å². The van der Waals surface area contributed by atoms with Crippen LogP contribution in [0.25, 0.3) is 0 Å². The van der Waals surface area contributed by atoms with Crippen LogP contribution in [-0.2, 0) is 9.59 Å². The van der Waals surface area contributed by atoms with E-state index < -0.39 is 12.1 Å². The second-order valence-corrected chi connectivity index (χ2v) is 11.0. The normalized spacial score (nSPS) is 29.1. The maximum atomic E-state index is 13.4. The molecule has 1 aromatic rings. The SMILES string of the molecule is CC(C)[C@@H](NC(=O)[C@@H]1C[C@H](C)[C@@H](O)C1)C(=O)N1CCC(c2ccc(Cl)cc2)C(C)(C)C1. The van der Waals surface area contributed by atoms with Gasteiger partial charge in [-0.05, 0) is 60.1 Å². The molecule has 1 saturated heterocycles. The fraction of sp³-hybridized carbons (Fsp3) is 0.680. The molecule has 1 heterocycles. The number of carbonyl (C=O) groups excluding carboxylic acids is 2. The lowest BCUT2D eigenvalue weighted by Gasteiger charge is -2.46. The molecule has 0 aromatic heterocycles. The van der Waals surface area contributed by atoms with Gasteiger partial charge in [0.25, 0.3) is 0 Å². The molecule has 2 N–H and O–H groups in total. The number of rotatable bonds is 5. The number of nitrogens with zero attached hydrogens (tertiary/aromatic N) is 1. The smallest absolute Gasteiger partial charge is 0.245 e. The second-order valence-electron chi connectivity index (χ2n) is 10.6. The third-order valence-electron chi connectivity index (χ3n) is 7.25. The zero-order chi connectivity index (χ0) is 22.9. The zero-order valence-corrected chi connectivity index (χ0v) is 20.2. The van der Waals surface area contributed by atoms with Crippen LogP contribution < -0.4 is 5.32 Å². The number of halogens is 1. The molecule has 1 aromatic carbocycles. The number of hydrogen-bond donors (Lipinski definition) is 2. The van der Waals surface area contributed by atoms with Crippen molar-refractivity contribution in [1.29, 1.82) is 0 Å². The van der Waals surface area contributed by atoms with Crippen molar-refractivity contribution in [2.45, 2.75) is 71.9 Å². The first-order chi connectivity index (χ1) is 14.5. The minimum Gasteiger partial charge on any atom is -0.393 e. The Morgan fingerprint density at radius 1 is 1.19 bits per heavy atom. The standard InChI is InChI=1S/C25H37ClN2O3/c1-15(2)22(27-23(30)18-12-16(3)21(29)13-18)24(31)28-11-10-20(25(4,5)14-28)17-6-8-19(26)9-7-17/h6-9,15-16,18,20-22,29H,10-14H2,1-5H3,(H,27,30)/t16-,18+,20?,21-,22+/m0/s1. The first-order valence-corrected chi connectivity index (χ1v) is 11.9. The molecule has 3 rings (SSSR count). The van der Waals surface area contributed by atoms with E-state index in [1.807, 2.05) is 37.8 Å². The third-order valence-corrected chi connectivity index (χ3v) is 7.51. The number of hydrogen-bond acceptors (Lipinski definition) is 3. The van der Waals surface area contributed by atoms with E-state index in [-0.39, 0.29) is 35.0 Å². The van der Waals surface area contributed by atoms with Gasteiger partial charge in [0, 0.05) is 24.0 Å². The van der Waals surface area contributed by atoms with Crippen LogP contribution in [0, 0.1) is 23.2 Å². The molecule has 172 valence electrons. The Labute approximate surface area is 191 Å². The number of piperidine rings is 1. The summed E-state index contributed by atoms with van der Waals surface area (Å²) in [5.74, 6) is 0.144. The molecular weight excluding hydrogens is 412 g/mol. The quantitative estimate of drug-likeness (QED) is 0.708. The van der Waals surface area contributed by atoms with E-state index in [9.17, 15) is 14.7 Å². The maximum Gasteiger partial charge on any atom is 0.245 e. The lowest BCUT2D eigenvalue weighted by Crippen LogP contribution is -2.56. The van der Waals surface area contributed by atoms with Crippen LogP contribution in [-0.4, -0.2) is 47.1 Å². The number of aliphatic hydroxyl groups is 1. The van der Waals surface area contributed by atoms with Gasteiger partial charge in [-0.3, -0.25) is 9.59 Å². The van der Waals surface area contributed by atoms with Crippen molar-refractivity contribution in [3.05, 3.63) is 34.9 Å². The Morgan fingerprint density at radius 2 is 1.84 bits per heavy atom. The highest BCUT2D eigenvalue weighted by molar-refractivity contribution is 6.30. The van der Waals surface area contributed by atoms with E-state index in [0.717, 1.165) is 11.4 Å². The van der Waals surface area contributed by atoms with E-state index in [1.54, 1.807) is 0 Å². The topological polar surface area (TPSA) is 69.6 Å². The van der Waals surface area contributed by atoms with Gasteiger partial charge in [0.15, 0.2) is 0 Å². The third kappa shape index (κ3) is 5.43. The Morgan fingerprint density at radius 3 is 2.35 bits per heavy atom. The summed E-state index contributed by atoms with van der Waals surface area (Å²) in [5.41, 5.74) is 1.17. The molecular formula is C25H37ClN2O3. The summed E-state index contributed by atoms with van der Waals surface area (Å²) in [7, 11) is 0. The van der Waals surface area contributed by atoms with Gasteiger partial charge in [-0.15, -0.1) is 0 Å². The van der Waals surface area contributed by atoms with E-state index in [2.05, 4.69) is 31.3 Å². The lowest BCUT2D eigenvalue weighted by molar-refractivity contribution is -0.141. The maximum absolute atomic E-state index is 13.4. The van der Waals surface area contributed by atoms with Crippen molar-refractivity contribution in [3.63, 3.8) is 0 Å². The summed E-state index contributed by atoms with van der Waals surface area (Å²) in [6, 6.07) is 7.48. The Hall–Kier alpha value is -1.59. The molecule has 0 bridgehead atoms. The molecule has 0 radical (unpaired) electrons. The number of amides is 2. The molecule has 2 fully saturated rings. The summed E-state index contributed by atoms with van der Waals surface area (Å²) in [6.45, 7) is 11.6. The minimum atomic E-state index is -0.538. The van der Waals surface area contributed by atoms with Gasteiger partial charge in [-0.25, -0.2) is 0 Å². The van der Waals surface area contributed by atoms with Gasteiger partial charge in [0.2, 0.25) is 11.8 Å². The van der Waals surface area contributed by atoms with E-state index in [1.165, 1.54) is 5.56 Å². The van der Waals surface area contributed by atoms with E-state index in [4.69, 9.17) is 11.6 Å². The van der Waals surface area contributed by atoms with Crippen LogP contribution >= 0.6 is 11.6 Å². The number of benzene rings is 1. The minimum absolute atomic E-state index is 0.00225. The predicted molar refractivity (Wildman–Crippen MR) is 124 cm³/mol. The number of likely N-dealkylation sites (tertiary alicyclic amines) is 1. The molecule has 6 heteroatoms. The summed E-state index contributed by atoms with van der Waals surface area (Å²) >= 11 is 6.05. The van der Waals surface area contributed by atoms with Crippen molar-refractivity contribution < 1.29 is 14.7 Å². The zero-order valence-electron chi connectivity index (χ0n) is 19.4. The molecule has 5 atom stereocenters. The van der Waals surface area contributed by atoms with Crippen LogP contribution in [0.3, 0.4) is 0 Å². The fourth-order valence-corrected chi connectivity index (χ4v) is 5.41. The summed E-state index contributed by atoms with van der Waals surface area (Å²) < 4.78 is 0. The summed E-state index contributed by atoms with van der Waals surface area (Å²) in [4.78, 5) is 28.2. The largest absolute Gasteiger partial charge is 0.393 e. The van der Waals surface area contributed by atoms with E-state index in [0.29, 0.717) is 31.8 Å². The molecule has 31 heavy (non-hydrogen) atoms. The summed E-state index contributed by atoms with van der Waals surface area (Å²) in [5, 5.41) is 13.7. The monoisotopic (exact) mass is 448 g/mol. The van der Waals surface area contributed by atoms with Crippen LogP contribution in [0.2, 0.25) is 5.02 Å². The Bertz CT molecular complexity index is 782. The van der Waals surface area contributed by atoms with Crippen molar-refractivity contribution in [2.24, 2.45) is 23.2 Å². The molecule has 5 nitrogen and oxygen atoms in total. The summed E-state index contributed by atoms with van der Waals surface area (Å²) in [6.07, 6.45) is 1.60. The molecule has 2 amide bonds. The molecule has 1 aliphatic heterocycles. The molecule has 1 unspecified atom stereocenters. The van der Waals surface area contributed by atoms with Crippen LogP contribution in [0.4, 0.5) is 0 Å². The molecule has 1 saturated carbocycles. The molecule has 0 spiro atoms. The van der Waals surface area contributed by atoms with Crippen LogP contribution in [0.1, 0.15) is 65.4 Å². The number of aliphatic hydroxyl groups excluding tert-OH is 1.